The fourth-order valence-electron chi connectivity index (χ4n) is 1.76. The standard InChI is InChI=1S/C15H26N4O2/c1-19(2)10-4-8-17-15(20)13-6-7-14(18-12-13)16-9-5-11-21-3/h6-7,12H,4-5,8-11H2,1-3H3,(H,16,18)(H,17,20). The van der Waals surface area contributed by atoms with Gasteiger partial charge in [0.05, 0.1) is 5.56 Å². The average Bonchev–Trinajstić information content (AvgIpc) is 2.48. The Labute approximate surface area is 126 Å². The van der Waals surface area contributed by atoms with Crippen LogP contribution in [0.25, 0.3) is 0 Å². The van der Waals surface area contributed by atoms with Crippen molar-refractivity contribution in [3.63, 3.8) is 0 Å². The number of anilines is 1. The lowest BCUT2D eigenvalue weighted by molar-refractivity contribution is 0.0952. The minimum Gasteiger partial charge on any atom is -0.385 e. The lowest BCUT2D eigenvalue weighted by atomic mass is 10.2. The molecule has 1 aromatic rings. The van der Waals surface area contributed by atoms with Crippen molar-refractivity contribution >= 4 is 11.7 Å². The molecule has 0 saturated carbocycles. The van der Waals surface area contributed by atoms with Gasteiger partial charge in [-0.25, -0.2) is 4.98 Å². The highest BCUT2D eigenvalue weighted by Crippen LogP contribution is 2.05. The Balaban J connectivity index is 2.30. The van der Waals surface area contributed by atoms with Crippen molar-refractivity contribution in [2.24, 2.45) is 0 Å². The van der Waals surface area contributed by atoms with Gasteiger partial charge in [-0.3, -0.25) is 4.79 Å². The van der Waals surface area contributed by atoms with E-state index in [1.807, 2.05) is 20.2 Å². The fraction of sp³-hybridized carbons (Fsp3) is 0.600. The molecule has 0 aliphatic rings. The number of nitrogens with zero attached hydrogens (tertiary/aromatic N) is 2. The van der Waals surface area contributed by atoms with Gasteiger partial charge in [0.1, 0.15) is 5.82 Å². The van der Waals surface area contributed by atoms with Gasteiger partial charge in [0.15, 0.2) is 0 Å². The summed E-state index contributed by atoms with van der Waals surface area (Å²) in [4.78, 5) is 18.2. The molecule has 0 bridgehead atoms. The number of carbonyl (C=O) groups excluding carboxylic acids is 1. The van der Waals surface area contributed by atoms with Gasteiger partial charge in [-0.05, 0) is 45.6 Å². The molecule has 0 atom stereocenters. The molecule has 6 heteroatoms. The lowest BCUT2D eigenvalue weighted by Crippen LogP contribution is -2.27. The van der Waals surface area contributed by atoms with Gasteiger partial charge in [-0.15, -0.1) is 0 Å². The van der Waals surface area contributed by atoms with E-state index in [0.29, 0.717) is 12.1 Å². The van der Waals surface area contributed by atoms with Gasteiger partial charge in [0.25, 0.3) is 5.91 Å². The maximum absolute atomic E-state index is 11.9. The van der Waals surface area contributed by atoms with E-state index in [9.17, 15) is 4.79 Å². The van der Waals surface area contributed by atoms with Gasteiger partial charge in [-0.1, -0.05) is 0 Å². The van der Waals surface area contributed by atoms with Gasteiger partial charge in [-0.2, -0.15) is 0 Å². The number of carbonyl (C=O) groups is 1. The Hall–Kier alpha value is -1.66. The first kappa shape index (κ1) is 17.4. The quantitative estimate of drug-likeness (QED) is 0.635. The summed E-state index contributed by atoms with van der Waals surface area (Å²) in [6.45, 7) is 3.16. The van der Waals surface area contributed by atoms with E-state index in [4.69, 9.17) is 4.74 Å². The molecule has 0 aliphatic carbocycles. The molecule has 0 saturated heterocycles. The second kappa shape index (κ2) is 10.1. The Morgan fingerprint density at radius 2 is 2.10 bits per heavy atom. The average molecular weight is 294 g/mol. The second-order valence-electron chi connectivity index (χ2n) is 5.12. The van der Waals surface area contributed by atoms with Crippen molar-refractivity contribution < 1.29 is 9.53 Å². The lowest BCUT2D eigenvalue weighted by Gasteiger charge is -2.10. The Kier molecular flexibility index (Phi) is 8.38. The molecule has 0 spiro atoms. The molecule has 118 valence electrons. The minimum atomic E-state index is -0.0767. The first-order valence-corrected chi connectivity index (χ1v) is 7.25. The zero-order valence-corrected chi connectivity index (χ0v) is 13.2. The van der Waals surface area contributed by atoms with Crippen molar-refractivity contribution in [2.45, 2.75) is 12.8 Å². The molecule has 0 aliphatic heterocycles. The first-order chi connectivity index (χ1) is 10.1. The molecule has 1 aromatic heterocycles. The van der Waals surface area contributed by atoms with E-state index >= 15 is 0 Å². The largest absolute Gasteiger partial charge is 0.385 e. The molecule has 1 rings (SSSR count). The molecule has 21 heavy (non-hydrogen) atoms. The zero-order chi connectivity index (χ0) is 15.5. The summed E-state index contributed by atoms with van der Waals surface area (Å²) in [5, 5.41) is 6.07. The number of rotatable bonds is 10. The van der Waals surface area contributed by atoms with E-state index in [-0.39, 0.29) is 5.91 Å². The SMILES string of the molecule is COCCCNc1ccc(C(=O)NCCCN(C)C)cn1. The summed E-state index contributed by atoms with van der Waals surface area (Å²) >= 11 is 0. The normalized spacial score (nSPS) is 10.7. The molecular formula is C15H26N4O2. The number of hydrogen-bond acceptors (Lipinski definition) is 5. The zero-order valence-electron chi connectivity index (χ0n) is 13.2. The first-order valence-electron chi connectivity index (χ1n) is 7.25. The molecule has 0 fully saturated rings. The van der Waals surface area contributed by atoms with Crippen LogP contribution in [0.3, 0.4) is 0 Å². The van der Waals surface area contributed by atoms with Crippen LogP contribution in [-0.4, -0.2) is 63.2 Å². The monoisotopic (exact) mass is 294 g/mol. The van der Waals surface area contributed by atoms with Crippen molar-refractivity contribution in [1.82, 2.24) is 15.2 Å². The van der Waals surface area contributed by atoms with Crippen molar-refractivity contribution in [3.05, 3.63) is 23.9 Å². The summed E-state index contributed by atoms with van der Waals surface area (Å²) in [7, 11) is 5.72. The van der Waals surface area contributed by atoms with Crippen LogP contribution < -0.4 is 10.6 Å². The Bertz CT molecular complexity index is 407. The number of hydrogen-bond donors (Lipinski definition) is 2. The summed E-state index contributed by atoms with van der Waals surface area (Å²) in [6.07, 6.45) is 3.46. The number of methoxy groups -OCH3 is 1. The van der Waals surface area contributed by atoms with Crippen LogP contribution in [-0.2, 0) is 4.74 Å². The van der Waals surface area contributed by atoms with Gasteiger partial charge in [0, 0.05) is 33.0 Å². The summed E-state index contributed by atoms with van der Waals surface area (Å²) in [5.74, 6) is 0.697. The molecule has 0 unspecified atom stereocenters. The van der Waals surface area contributed by atoms with Crippen LogP contribution in [0.1, 0.15) is 23.2 Å². The highest BCUT2D eigenvalue weighted by Gasteiger charge is 2.05. The van der Waals surface area contributed by atoms with Crippen LogP contribution >= 0.6 is 0 Å². The summed E-state index contributed by atoms with van der Waals surface area (Å²) in [5.41, 5.74) is 0.585. The Morgan fingerprint density at radius 3 is 2.71 bits per heavy atom. The predicted molar refractivity (Wildman–Crippen MR) is 84.7 cm³/mol. The number of nitrogens with one attached hydrogen (secondary N) is 2. The van der Waals surface area contributed by atoms with Gasteiger partial charge in [0.2, 0.25) is 0 Å². The highest BCUT2D eigenvalue weighted by molar-refractivity contribution is 5.93. The maximum atomic E-state index is 11.9. The topological polar surface area (TPSA) is 66.5 Å². The maximum Gasteiger partial charge on any atom is 0.252 e. The predicted octanol–water partition coefficient (Wildman–Crippen LogP) is 1.21. The second-order valence-corrected chi connectivity index (χ2v) is 5.12. The third-order valence-electron chi connectivity index (χ3n) is 2.92. The Morgan fingerprint density at radius 1 is 1.29 bits per heavy atom. The van der Waals surface area contributed by atoms with Crippen LogP contribution in [0, 0.1) is 0 Å². The molecular weight excluding hydrogens is 268 g/mol. The van der Waals surface area contributed by atoms with E-state index in [2.05, 4.69) is 20.5 Å². The third kappa shape index (κ3) is 7.63. The summed E-state index contributed by atoms with van der Waals surface area (Å²) in [6, 6.07) is 3.61. The number of amides is 1. The highest BCUT2D eigenvalue weighted by atomic mass is 16.5. The van der Waals surface area contributed by atoms with E-state index in [0.717, 1.165) is 38.4 Å². The molecule has 6 nitrogen and oxygen atoms in total. The number of pyridine rings is 1. The summed E-state index contributed by atoms with van der Waals surface area (Å²) < 4.78 is 4.98. The van der Waals surface area contributed by atoms with E-state index < -0.39 is 0 Å². The van der Waals surface area contributed by atoms with Crippen LogP contribution in [0.15, 0.2) is 18.3 Å². The molecule has 2 N–H and O–H groups in total. The van der Waals surface area contributed by atoms with E-state index in [1.165, 1.54) is 0 Å². The van der Waals surface area contributed by atoms with Crippen LogP contribution in [0.4, 0.5) is 5.82 Å². The molecule has 1 amide bonds. The number of aromatic nitrogens is 1. The van der Waals surface area contributed by atoms with Crippen LogP contribution in [0.5, 0.6) is 0 Å². The molecule has 0 aromatic carbocycles. The van der Waals surface area contributed by atoms with E-state index in [1.54, 1.807) is 19.4 Å². The van der Waals surface area contributed by atoms with Crippen LogP contribution in [0.2, 0.25) is 0 Å². The number of ether oxygens (including phenoxy) is 1. The fourth-order valence-corrected chi connectivity index (χ4v) is 1.76. The van der Waals surface area contributed by atoms with Crippen molar-refractivity contribution in [3.8, 4) is 0 Å². The minimum absolute atomic E-state index is 0.0767. The van der Waals surface area contributed by atoms with Gasteiger partial charge >= 0.3 is 0 Å². The smallest absolute Gasteiger partial charge is 0.252 e. The van der Waals surface area contributed by atoms with Gasteiger partial charge < -0.3 is 20.3 Å². The van der Waals surface area contributed by atoms with Crippen molar-refractivity contribution in [1.29, 1.82) is 0 Å². The molecule has 1 heterocycles. The van der Waals surface area contributed by atoms with Crippen molar-refractivity contribution in [2.75, 3.05) is 52.8 Å². The third-order valence-corrected chi connectivity index (χ3v) is 2.92. The molecule has 0 radical (unpaired) electrons.